The molecule has 3 aromatic carbocycles. The number of nitrogens with zero attached hydrogens (tertiary/aromatic N) is 1. The quantitative estimate of drug-likeness (QED) is 0.474. The fraction of sp³-hybridized carbons (Fsp3) is 0.357. The summed E-state index contributed by atoms with van der Waals surface area (Å²) >= 11 is 0. The van der Waals surface area contributed by atoms with Crippen LogP contribution < -0.4 is 14.8 Å². The topological polar surface area (TPSA) is 33.7 Å². The van der Waals surface area contributed by atoms with Gasteiger partial charge in [0.1, 0.15) is 5.75 Å². The summed E-state index contributed by atoms with van der Waals surface area (Å²) in [7, 11) is 1.67. The van der Waals surface area contributed by atoms with Gasteiger partial charge in [0.25, 0.3) is 0 Å². The average molecular weight is 431 g/mol. The minimum atomic E-state index is 0.458. The number of piperidine rings is 1. The summed E-state index contributed by atoms with van der Waals surface area (Å²) in [6.45, 7) is 5.47. The van der Waals surface area contributed by atoms with Crippen molar-refractivity contribution in [2.45, 2.75) is 44.8 Å². The molecule has 1 saturated heterocycles. The number of nitrogens with one attached hydrogen (secondary N) is 1. The van der Waals surface area contributed by atoms with Crippen LogP contribution in [0.3, 0.4) is 0 Å². The summed E-state index contributed by atoms with van der Waals surface area (Å²) in [5, 5.41) is 3.51. The summed E-state index contributed by atoms with van der Waals surface area (Å²) in [5.41, 5.74) is 2.67. The highest BCUT2D eigenvalue weighted by Crippen LogP contribution is 2.31. The van der Waals surface area contributed by atoms with Crippen molar-refractivity contribution >= 4 is 0 Å². The van der Waals surface area contributed by atoms with Crippen molar-refractivity contribution in [3.8, 4) is 17.2 Å². The fourth-order valence-corrected chi connectivity index (χ4v) is 4.60. The van der Waals surface area contributed by atoms with E-state index in [0.29, 0.717) is 12.1 Å². The molecule has 0 aromatic heterocycles. The number of hydrogen-bond acceptors (Lipinski definition) is 4. The van der Waals surface area contributed by atoms with Gasteiger partial charge in [0.15, 0.2) is 11.5 Å². The Bertz CT molecular complexity index is 970. The molecule has 0 amide bonds. The van der Waals surface area contributed by atoms with E-state index in [1.807, 2.05) is 30.3 Å². The molecule has 3 aromatic rings. The van der Waals surface area contributed by atoms with Crippen LogP contribution in [-0.2, 0) is 13.0 Å². The van der Waals surface area contributed by atoms with Crippen molar-refractivity contribution < 1.29 is 9.47 Å². The molecule has 1 N–H and O–H groups in total. The first kappa shape index (κ1) is 22.4. The maximum Gasteiger partial charge on any atom is 0.169 e. The van der Waals surface area contributed by atoms with Crippen LogP contribution in [0.5, 0.6) is 17.2 Å². The van der Waals surface area contributed by atoms with Crippen molar-refractivity contribution in [3.63, 3.8) is 0 Å². The minimum Gasteiger partial charge on any atom is -0.493 e. The third kappa shape index (κ3) is 5.90. The van der Waals surface area contributed by atoms with Crippen LogP contribution >= 0.6 is 0 Å². The Kier molecular flexibility index (Phi) is 7.81. The van der Waals surface area contributed by atoms with Gasteiger partial charge in [-0.05, 0) is 74.7 Å². The summed E-state index contributed by atoms with van der Waals surface area (Å²) < 4.78 is 11.6. The van der Waals surface area contributed by atoms with Crippen molar-refractivity contribution in [2.24, 2.45) is 0 Å². The van der Waals surface area contributed by atoms with E-state index in [2.05, 4.69) is 65.7 Å². The zero-order valence-corrected chi connectivity index (χ0v) is 19.2. The Morgan fingerprint density at radius 3 is 2.31 bits per heavy atom. The zero-order chi connectivity index (χ0) is 22.2. The predicted octanol–water partition coefficient (Wildman–Crippen LogP) is 5.67. The van der Waals surface area contributed by atoms with Gasteiger partial charge >= 0.3 is 0 Å². The highest BCUT2D eigenvalue weighted by atomic mass is 16.5. The van der Waals surface area contributed by atoms with Gasteiger partial charge in [0.05, 0.1) is 7.11 Å². The lowest BCUT2D eigenvalue weighted by Gasteiger charge is -2.39. The van der Waals surface area contributed by atoms with Crippen LogP contribution in [-0.4, -0.2) is 37.2 Å². The summed E-state index contributed by atoms with van der Waals surface area (Å²) in [6, 6.07) is 28.1. The number of hydrogen-bond donors (Lipinski definition) is 1. The molecular weight excluding hydrogens is 396 g/mol. The molecule has 168 valence electrons. The molecule has 32 heavy (non-hydrogen) atoms. The average Bonchev–Trinajstić information content (AvgIpc) is 2.84. The molecule has 0 radical (unpaired) electrons. The molecule has 0 aliphatic carbocycles. The Labute approximate surface area is 192 Å². The Hall–Kier alpha value is -2.82. The molecule has 4 nitrogen and oxygen atoms in total. The van der Waals surface area contributed by atoms with E-state index in [1.165, 1.54) is 24.0 Å². The van der Waals surface area contributed by atoms with Gasteiger partial charge < -0.3 is 14.8 Å². The fourth-order valence-electron chi connectivity index (χ4n) is 4.60. The van der Waals surface area contributed by atoms with Crippen LogP contribution in [0.25, 0.3) is 0 Å². The lowest BCUT2D eigenvalue weighted by molar-refractivity contribution is 0.108. The highest BCUT2D eigenvalue weighted by Gasteiger charge is 2.25. The second-order valence-corrected chi connectivity index (χ2v) is 8.59. The van der Waals surface area contributed by atoms with E-state index in [-0.39, 0.29) is 0 Å². The van der Waals surface area contributed by atoms with Gasteiger partial charge in [-0.25, -0.2) is 0 Å². The second-order valence-electron chi connectivity index (χ2n) is 8.59. The van der Waals surface area contributed by atoms with Crippen LogP contribution in [0.15, 0.2) is 78.9 Å². The number of rotatable bonds is 9. The van der Waals surface area contributed by atoms with E-state index < -0.39 is 0 Å². The summed E-state index contributed by atoms with van der Waals surface area (Å²) in [4.78, 5) is 2.69. The van der Waals surface area contributed by atoms with Gasteiger partial charge in [0, 0.05) is 18.6 Å². The van der Waals surface area contributed by atoms with Crippen LogP contribution in [0.2, 0.25) is 0 Å². The Balaban J connectivity index is 1.51. The van der Waals surface area contributed by atoms with E-state index >= 15 is 0 Å². The van der Waals surface area contributed by atoms with Crippen molar-refractivity contribution in [1.82, 2.24) is 10.2 Å². The number of ether oxygens (including phenoxy) is 2. The number of methoxy groups -OCH3 is 1. The molecule has 0 bridgehead atoms. The van der Waals surface area contributed by atoms with Gasteiger partial charge in [-0.1, -0.05) is 54.6 Å². The van der Waals surface area contributed by atoms with Crippen molar-refractivity contribution in [1.29, 1.82) is 0 Å². The molecule has 1 heterocycles. The van der Waals surface area contributed by atoms with Crippen LogP contribution in [0.4, 0.5) is 0 Å². The minimum absolute atomic E-state index is 0.458. The molecule has 1 atom stereocenters. The maximum atomic E-state index is 6.17. The molecule has 0 spiro atoms. The van der Waals surface area contributed by atoms with Gasteiger partial charge in [-0.2, -0.15) is 0 Å². The highest BCUT2D eigenvalue weighted by molar-refractivity contribution is 5.43. The number of para-hydroxylation sites is 2. The molecule has 0 unspecified atom stereocenters. The van der Waals surface area contributed by atoms with Gasteiger partial charge in [-0.15, -0.1) is 0 Å². The lowest BCUT2D eigenvalue weighted by Crippen LogP contribution is -2.47. The monoisotopic (exact) mass is 430 g/mol. The smallest absolute Gasteiger partial charge is 0.169 e. The Morgan fingerprint density at radius 2 is 1.56 bits per heavy atom. The first-order valence-corrected chi connectivity index (χ1v) is 11.6. The third-order valence-electron chi connectivity index (χ3n) is 6.28. The lowest BCUT2D eigenvalue weighted by atomic mass is 9.98. The molecule has 1 aliphatic heterocycles. The third-order valence-corrected chi connectivity index (χ3v) is 6.28. The van der Waals surface area contributed by atoms with E-state index in [1.54, 1.807) is 7.11 Å². The standard InChI is InChI=1S/C28H34N2O2/c1-22(19-23-9-4-3-5-10-23)30(25-15-17-29-18-16-25)21-24-11-8-12-26(20-24)32-28-14-7-6-13-27(28)31-2/h3-14,20,22,25,29H,15-19,21H2,1-2H3/t22-/m0/s1. The van der Waals surface area contributed by atoms with E-state index in [0.717, 1.165) is 43.3 Å². The first-order chi connectivity index (χ1) is 15.7. The van der Waals surface area contributed by atoms with Crippen LogP contribution in [0.1, 0.15) is 30.9 Å². The van der Waals surface area contributed by atoms with Gasteiger partial charge in [0.2, 0.25) is 0 Å². The molecule has 0 saturated carbocycles. The van der Waals surface area contributed by atoms with E-state index in [9.17, 15) is 0 Å². The Morgan fingerprint density at radius 1 is 0.875 bits per heavy atom. The van der Waals surface area contributed by atoms with Gasteiger partial charge in [-0.3, -0.25) is 4.90 Å². The predicted molar refractivity (Wildman–Crippen MR) is 131 cm³/mol. The summed E-state index contributed by atoms with van der Waals surface area (Å²) in [5.74, 6) is 2.32. The van der Waals surface area contributed by atoms with Crippen LogP contribution in [0, 0.1) is 0 Å². The van der Waals surface area contributed by atoms with E-state index in [4.69, 9.17) is 9.47 Å². The molecule has 1 fully saturated rings. The van der Waals surface area contributed by atoms with Crippen molar-refractivity contribution in [2.75, 3.05) is 20.2 Å². The maximum absolute atomic E-state index is 6.17. The second kappa shape index (κ2) is 11.2. The molecule has 1 aliphatic rings. The SMILES string of the molecule is COc1ccccc1Oc1cccc(CN(C2CCNCC2)[C@@H](C)Cc2ccccc2)c1. The number of benzene rings is 3. The molecular formula is C28H34N2O2. The first-order valence-electron chi connectivity index (χ1n) is 11.6. The molecule has 4 rings (SSSR count). The summed E-state index contributed by atoms with van der Waals surface area (Å²) in [6.07, 6.45) is 3.44. The van der Waals surface area contributed by atoms with Crippen molar-refractivity contribution in [3.05, 3.63) is 90.0 Å². The molecule has 4 heteroatoms. The normalized spacial score (nSPS) is 15.5. The zero-order valence-electron chi connectivity index (χ0n) is 19.2. The largest absolute Gasteiger partial charge is 0.493 e.